The Morgan fingerprint density at radius 2 is 2.14 bits per heavy atom. The van der Waals surface area contributed by atoms with Gasteiger partial charge in [0.25, 0.3) is 0 Å². The monoisotopic (exact) mass is 438 g/mol. The summed E-state index contributed by atoms with van der Waals surface area (Å²) in [5.74, 6) is 0. The number of carbonyl (C=O) groups excluding carboxylic acids is 1. The lowest BCUT2D eigenvalue weighted by Gasteiger charge is -2.28. The van der Waals surface area contributed by atoms with Crippen LogP contribution in [0.4, 0.5) is 16.2 Å². The molecule has 1 aliphatic carbocycles. The van der Waals surface area contributed by atoms with Gasteiger partial charge in [0.1, 0.15) is 0 Å². The molecule has 0 aromatic carbocycles. The topological polar surface area (TPSA) is 99.6 Å². The number of likely N-dealkylation sites (tertiary alicyclic amines) is 1. The van der Waals surface area contributed by atoms with E-state index in [0.717, 1.165) is 41.9 Å². The molecule has 2 amide bonds. The van der Waals surface area contributed by atoms with Crippen LogP contribution >= 0.6 is 11.3 Å². The van der Waals surface area contributed by atoms with Crippen molar-refractivity contribution in [2.75, 3.05) is 29.8 Å². The number of amides is 2. The summed E-state index contributed by atoms with van der Waals surface area (Å²) in [6.07, 6.45) is 6.84. The highest BCUT2D eigenvalue weighted by Gasteiger charge is 2.36. The maximum atomic E-state index is 13.2. The second-order valence-corrected chi connectivity index (χ2v) is 10.6. The average molecular weight is 439 g/mol. The summed E-state index contributed by atoms with van der Waals surface area (Å²) < 4.78 is 31.4. The van der Waals surface area contributed by atoms with E-state index in [-0.39, 0.29) is 6.04 Å². The molecule has 1 fully saturated rings. The predicted octanol–water partition coefficient (Wildman–Crippen LogP) is 1.86. The van der Waals surface area contributed by atoms with Crippen molar-refractivity contribution >= 4 is 39.0 Å². The molecule has 0 unspecified atom stereocenters. The van der Waals surface area contributed by atoms with Gasteiger partial charge < -0.3 is 10.2 Å². The number of fused-ring (bicyclic) bond motifs is 1. The van der Waals surface area contributed by atoms with Gasteiger partial charge in [0, 0.05) is 29.5 Å². The Morgan fingerprint density at radius 3 is 2.79 bits per heavy atom. The third-order valence-electron chi connectivity index (χ3n) is 5.46. The number of likely N-dealkylation sites (N-methyl/N-ethyl adjacent to an activating group) is 1. The quantitative estimate of drug-likeness (QED) is 0.742. The van der Waals surface area contributed by atoms with Crippen LogP contribution in [0, 0.1) is 6.92 Å². The molecule has 9 nitrogen and oxygen atoms in total. The van der Waals surface area contributed by atoms with Crippen molar-refractivity contribution in [3.05, 3.63) is 27.7 Å². The van der Waals surface area contributed by atoms with Crippen molar-refractivity contribution in [3.63, 3.8) is 0 Å². The van der Waals surface area contributed by atoms with Crippen molar-refractivity contribution < 1.29 is 13.2 Å². The second-order valence-electron chi connectivity index (χ2n) is 7.72. The Bertz CT molecular complexity index is 1030. The van der Waals surface area contributed by atoms with E-state index in [4.69, 9.17) is 0 Å². The number of carbonyl (C=O) groups is 1. The first-order valence-corrected chi connectivity index (χ1v) is 11.9. The molecule has 2 aliphatic rings. The fraction of sp³-hybridized carbons (Fsp3) is 0.556. The van der Waals surface area contributed by atoms with Crippen molar-refractivity contribution in [1.82, 2.24) is 19.4 Å². The number of anilines is 2. The molecule has 1 saturated heterocycles. The third kappa shape index (κ3) is 3.99. The summed E-state index contributed by atoms with van der Waals surface area (Å²) >= 11 is 1.67. The Labute approximate surface area is 174 Å². The number of rotatable bonds is 5. The Morgan fingerprint density at radius 1 is 1.34 bits per heavy atom. The number of nitrogens with zero attached hydrogens (tertiary/aromatic N) is 4. The molecular weight excluding hydrogens is 412 g/mol. The van der Waals surface area contributed by atoms with Crippen LogP contribution in [-0.4, -0.2) is 55.3 Å². The molecule has 0 spiro atoms. The standard InChI is InChI=1S/C18H26N6O3S2/c1-12-17(15-5-4-6-16(15)28-12)20-18(25)21-29(26,27)24(13-7-8-22(2)10-13)14-9-19-23(3)11-14/h9,11,13H,4-8,10H2,1-3H3,(H2,20,21,25)/t13-/m0/s1. The zero-order valence-corrected chi connectivity index (χ0v) is 18.4. The summed E-state index contributed by atoms with van der Waals surface area (Å²) in [5.41, 5.74) is 2.34. The second kappa shape index (κ2) is 7.62. The normalized spacial score (nSPS) is 19.3. The third-order valence-corrected chi connectivity index (χ3v) is 8.14. The average Bonchev–Trinajstić information content (AvgIpc) is 3.38. The van der Waals surface area contributed by atoms with E-state index >= 15 is 0 Å². The molecular formula is C18H26N6O3S2. The van der Waals surface area contributed by atoms with Crippen molar-refractivity contribution in [2.45, 2.75) is 38.6 Å². The number of nitrogens with one attached hydrogen (secondary N) is 2. The molecule has 2 aromatic rings. The van der Waals surface area contributed by atoms with Gasteiger partial charge in [-0.25, -0.2) is 13.8 Å². The Kier molecular flexibility index (Phi) is 5.30. The van der Waals surface area contributed by atoms with Crippen LogP contribution in [0.1, 0.15) is 28.2 Å². The highest BCUT2D eigenvalue weighted by molar-refractivity contribution is 7.91. The van der Waals surface area contributed by atoms with Crippen LogP contribution in [0.25, 0.3) is 0 Å². The molecule has 158 valence electrons. The minimum absolute atomic E-state index is 0.262. The van der Waals surface area contributed by atoms with Crippen LogP contribution in [0.2, 0.25) is 0 Å². The number of thiophene rings is 1. The maximum Gasteiger partial charge on any atom is 0.334 e. The van der Waals surface area contributed by atoms with E-state index < -0.39 is 16.2 Å². The van der Waals surface area contributed by atoms with Gasteiger partial charge in [0.2, 0.25) is 0 Å². The predicted molar refractivity (Wildman–Crippen MR) is 114 cm³/mol. The van der Waals surface area contributed by atoms with E-state index in [1.165, 1.54) is 15.4 Å². The Balaban J connectivity index is 1.56. The first kappa shape index (κ1) is 20.2. The summed E-state index contributed by atoms with van der Waals surface area (Å²) in [7, 11) is -0.420. The van der Waals surface area contributed by atoms with Crippen molar-refractivity contribution in [1.29, 1.82) is 0 Å². The summed E-state index contributed by atoms with van der Waals surface area (Å²) in [5, 5.41) is 6.88. The zero-order valence-electron chi connectivity index (χ0n) is 16.8. The van der Waals surface area contributed by atoms with Crippen molar-refractivity contribution in [2.24, 2.45) is 7.05 Å². The highest BCUT2D eigenvalue weighted by atomic mass is 32.2. The van der Waals surface area contributed by atoms with Gasteiger partial charge in [-0.15, -0.1) is 11.3 Å². The first-order valence-electron chi connectivity index (χ1n) is 9.66. The number of aromatic nitrogens is 2. The maximum absolute atomic E-state index is 13.2. The molecule has 4 rings (SSSR count). The van der Waals surface area contributed by atoms with Gasteiger partial charge in [-0.05, 0) is 51.8 Å². The lowest BCUT2D eigenvalue weighted by molar-refractivity contribution is 0.256. The smallest absolute Gasteiger partial charge is 0.306 e. The SMILES string of the molecule is Cc1sc2c(c1NC(=O)NS(=O)(=O)N(c1cnn(C)c1)[C@H]1CCN(C)C1)CCC2. The summed E-state index contributed by atoms with van der Waals surface area (Å²) in [4.78, 5) is 17.0. The first-order chi connectivity index (χ1) is 13.7. The van der Waals surface area contributed by atoms with Gasteiger partial charge in [0.05, 0.1) is 23.6 Å². The zero-order chi connectivity index (χ0) is 20.8. The molecule has 0 bridgehead atoms. The van der Waals surface area contributed by atoms with E-state index in [0.29, 0.717) is 18.7 Å². The van der Waals surface area contributed by atoms with Crippen LogP contribution in [0.15, 0.2) is 12.4 Å². The molecule has 1 aliphatic heterocycles. The van der Waals surface area contributed by atoms with E-state index in [1.807, 2.05) is 14.0 Å². The molecule has 0 radical (unpaired) electrons. The minimum atomic E-state index is -4.10. The number of hydrogen-bond acceptors (Lipinski definition) is 6. The molecule has 2 aromatic heterocycles. The number of aryl methyl sites for hydroxylation is 3. The molecule has 11 heteroatoms. The highest BCUT2D eigenvalue weighted by Crippen LogP contribution is 2.38. The van der Waals surface area contributed by atoms with Gasteiger partial charge in [-0.3, -0.25) is 4.68 Å². The van der Waals surface area contributed by atoms with E-state index in [9.17, 15) is 13.2 Å². The Hall–Kier alpha value is -2.11. The van der Waals surface area contributed by atoms with Crippen LogP contribution in [-0.2, 0) is 30.1 Å². The number of urea groups is 1. The van der Waals surface area contributed by atoms with Gasteiger partial charge >= 0.3 is 16.2 Å². The fourth-order valence-corrected chi connectivity index (χ4v) is 6.72. The van der Waals surface area contributed by atoms with Crippen molar-refractivity contribution in [3.8, 4) is 0 Å². The lowest BCUT2D eigenvalue weighted by Crippen LogP contribution is -2.50. The number of hydrogen-bond donors (Lipinski definition) is 2. The van der Waals surface area contributed by atoms with Gasteiger partial charge in [-0.1, -0.05) is 0 Å². The molecule has 1 atom stereocenters. The molecule has 0 saturated carbocycles. The van der Waals surface area contributed by atoms with Crippen LogP contribution < -0.4 is 14.3 Å². The summed E-state index contributed by atoms with van der Waals surface area (Å²) in [6.45, 7) is 3.33. The summed E-state index contributed by atoms with van der Waals surface area (Å²) in [6, 6.07) is -0.998. The fourth-order valence-electron chi connectivity index (χ4n) is 4.18. The van der Waals surface area contributed by atoms with E-state index in [2.05, 4.69) is 20.0 Å². The molecule has 29 heavy (non-hydrogen) atoms. The van der Waals surface area contributed by atoms with Gasteiger partial charge in [0.15, 0.2) is 0 Å². The lowest BCUT2D eigenvalue weighted by atomic mass is 10.2. The van der Waals surface area contributed by atoms with Crippen LogP contribution in [0.5, 0.6) is 0 Å². The van der Waals surface area contributed by atoms with Crippen LogP contribution in [0.3, 0.4) is 0 Å². The molecule has 2 N–H and O–H groups in total. The van der Waals surface area contributed by atoms with E-state index in [1.54, 1.807) is 29.3 Å². The largest absolute Gasteiger partial charge is 0.334 e. The van der Waals surface area contributed by atoms with Gasteiger partial charge in [-0.2, -0.15) is 13.5 Å². The molecule has 3 heterocycles. The minimum Gasteiger partial charge on any atom is -0.306 e.